The van der Waals surface area contributed by atoms with Gasteiger partial charge in [-0.1, -0.05) is 13.2 Å². The van der Waals surface area contributed by atoms with Crippen LogP contribution in [0.2, 0.25) is 0 Å². The van der Waals surface area contributed by atoms with Gasteiger partial charge in [-0.25, -0.2) is 0 Å². The van der Waals surface area contributed by atoms with Crippen molar-refractivity contribution >= 4 is 6.41 Å². The van der Waals surface area contributed by atoms with Crippen molar-refractivity contribution in [2.45, 2.75) is 13.8 Å². The van der Waals surface area contributed by atoms with Crippen LogP contribution >= 0.6 is 0 Å². The molecule has 9 heavy (non-hydrogen) atoms. The van der Waals surface area contributed by atoms with Gasteiger partial charge in [0.25, 0.3) is 0 Å². The van der Waals surface area contributed by atoms with Gasteiger partial charge >= 0.3 is 6.41 Å². The van der Waals surface area contributed by atoms with E-state index in [0.29, 0.717) is 11.4 Å². The maximum Gasteiger partial charge on any atom is 0.321 e. The van der Waals surface area contributed by atoms with Gasteiger partial charge in [-0.15, -0.1) is 0 Å². The van der Waals surface area contributed by atoms with E-state index in [1.807, 2.05) is 0 Å². The molecular weight excluding hydrogens is 114 g/mol. The lowest BCUT2D eigenvalue weighted by Crippen LogP contribution is -2.15. The molecule has 0 rings (SSSR count). The van der Waals surface area contributed by atoms with Crippen LogP contribution in [0.1, 0.15) is 13.8 Å². The number of hydrogen-bond acceptors (Lipinski definition) is 1. The smallest absolute Gasteiger partial charge is 0.282 e. The maximum absolute atomic E-state index is 10.1. The molecule has 0 aliphatic rings. The molecule has 0 aromatic rings. The molecule has 0 saturated carbocycles. The maximum atomic E-state index is 10.1. The van der Waals surface area contributed by atoms with E-state index in [4.69, 9.17) is 0 Å². The molecule has 0 N–H and O–H groups in total. The van der Waals surface area contributed by atoms with Crippen LogP contribution in [0.5, 0.6) is 0 Å². The fraction of sp³-hybridized carbons (Fsp3) is 0.286. The first-order chi connectivity index (χ1) is 4.09. The summed E-state index contributed by atoms with van der Waals surface area (Å²) < 4.78 is 0. The highest BCUT2D eigenvalue weighted by molar-refractivity contribution is 5.54. The molecule has 0 aliphatic heterocycles. The summed E-state index contributed by atoms with van der Waals surface area (Å²) in [6.07, 6.45) is 1.69. The standard InChI is InChI=1S/C7H10NO/c1-6(2)8(5-9)7(3)4/h1,3H2,2,4H3. The van der Waals surface area contributed by atoms with Crippen LogP contribution in [0.3, 0.4) is 0 Å². The second-order valence-corrected chi connectivity index (χ2v) is 1.90. The Hall–Kier alpha value is -1.05. The molecule has 1 amide bonds. The molecule has 49 valence electrons. The lowest BCUT2D eigenvalue weighted by molar-refractivity contribution is 0.490. The van der Waals surface area contributed by atoms with Crippen molar-refractivity contribution < 1.29 is 4.79 Å². The third-order valence-corrected chi connectivity index (χ3v) is 0.855. The van der Waals surface area contributed by atoms with Crippen molar-refractivity contribution in [1.29, 1.82) is 0 Å². The second-order valence-electron chi connectivity index (χ2n) is 1.90. The van der Waals surface area contributed by atoms with Gasteiger partial charge in [0.15, 0.2) is 0 Å². The fourth-order valence-corrected chi connectivity index (χ4v) is 0.482. The molecule has 0 spiro atoms. The molecule has 0 aliphatic carbocycles. The molecule has 0 aromatic heterocycles. The third kappa shape index (κ3) is 2.13. The highest BCUT2D eigenvalue weighted by atomic mass is 16.1. The van der Waals surface area contributed by atoms with E-state index in [1.165, 1.54) is 4.90 Å². The van der Waals surface area contributed by atoms with Crippen molar-refractivity contribution in [2.75, 3.05) is 0 Å². The van der Waals surface area contributed by atoms with Crippen LogP contribution in [-0.2, 0) is 4.79 Å². The number of amides is 1. The SMILES string of the molecule is C=C(C)N([C]=O)C(=C)C. The zero-order chi connectivity index (χ0) is 7.44. The Balaban J connectivity index is 4.16. The van der Waals surface area contributed by atoms with Crippen molar-refractivity contribution in [3.8, 4) is 0 Å². The van der Waals surface area contributed by atoms with Crippen LogP contribution in [0.4, 0.5) is 0 Å². The largest absolute Gasteiger partial charge is 0.321 e. The summed E-state index contributed by atoms with van der Waals surface area (Å²) in [5.74, 6) is 0. The Morgan fingerprint density at radius 1 is 1.33 bits per heavy atom. The van der Waals surface area contributed by atoms with E-state index >= 15 is 0 Å². The van der Waals surface area contributed by atoms with Gasteiger partial charge in [0, 0.05) is 11.4 Å². The molecule has 0 unspecified atom stereocenters. The zero-order valence-corrected chi connectivity index (χ0v) is 5.77. The fourth-order valence-electron chi connectivity index (χ4n) is 0.482. The number of nitrogens with zero attached hydrogens (tertiary/aromatic N) is 1. The van der Waals surface area contributed by atoms with Crippen molar-refractivity contribution in [1.82, 2.24) is 4.90 Å². The monoisotopic (exact) mass is 124 g/mol. The first kappa shape index (κ1) is 7.95. The van der Waals surface area contributed by atoms with Crippen molar-refractivity contribution in [3.63, 3.8) is 0 Å². The highest BCUT2D eigenvalue weighted by Crippen LogP contribution is 2.03. The van der Waals surface area contributed by atoms with Gasteiger partial charge in [0.05, 0.1) is 0 Å². The van der Waals surface area contributed by atoms with Crippen LogP contribution in [0, 0.1) is 0 Å². The predicted molar refractivity (Wildman–Crippen MR) is 37.2 cm³/mol. The summed E-state index contributed by atoms with van der Waals surface area (Å²) in [6.45, 7) is 10.5. The van der Waals surface area contributed by atoms with E-state index in [9.17, 15) is 4.79 Å². The first-order valence-electron chi connectivity index (χ1n) is 2.58. The van der Waals surface area contributed by atoms with Gasteiger partial charge in [0.2, 0.25) is 0 Å². The molecule has 0 bridgehead atoms. The summed E-state index contributed by atoms with van der Waals surface area (Å²) in [7, 11) is 0. The van der Waals surface area contributed by atoms with E-state index in [0.717, 1.165) is 0 Å². The molecule has 0 heterocycles. The Morgan fingerprint density at radius 3 is 1.67 bits per heavy atom. The lowest BCUT2D eigenvalue weighted by atomic mass is 10.4. The second kappa shape index (κ2) is 3.07. The van der Waals surface area contributed by atoms with Gasteiger partial charge in [-0.2, -0.15) is 0 Å². The molecule has 2 heteroatoms. The molecule has 0 saturated heterocycles. The Morgan fingerprint density at radius 2 is 1.67 bits per heavy atom. The minimum Gasteiger partial charge on any atom is -0.282 e. The molecule has 0 aromatic carbocycles. The number of carbonyl (C=O) groups excluding carboxylic acids is 1. The lowest BCUT2D eigenvalue weighted by Gasteiger charge is -2.13. The van der Waals surface area contributed by atoms with Crippen LogP contribution < -0.4 is 0 Å². The number of hydrogen-bond donors (Lipinski definition) is 0. The van der Waals surface area contributed by atoms with Gasteiger partial charge < -0.3 is 0 Å². The quantitative estimate of drug-likeness (QED) is 0.521. The van der Waals surface area contributed by atoms with Crippen molar-refractivity contribution in [2.24, 2.45) is 0 Å². The van der Waals surface area contributed by atoms with Gasteiger partial charge in [-0.3, -0.25) is 9.69 Å². The number of rotatable bonds is 3. The topological polar surface area (TPSA) is 20.3 Å². The zero-order valence-electron chi connectivity index (χ0n) is 5.77. The Labute approximate surface area is 55.5 Å². The molecule has 0 atom stereocenters. The van der Waals surface area contributed by atoms with Crippen molar-refractivity contribution in [3.05, 3.63) is 24.6 Å². The highest BCUT2D eigenvalue weighted by Gasteiger charge is 2.01. The third-order valence-electron chi connectivity index (χ3n) is 0.855. The summed E-state index contributed by atoms with van der Waals surface area (Å²) in [6, 6.07) is 0. The van der Waals surface area contributed by atoms with E-state index in [1.54, 1.807) is 20.3 Å². The summed E-state index contributed by atoms with van der Waals surface area (Å²) in [4.78, 5) is 11.3. The van der Waals surface area contributed by atoms with Gasteiger partial charge in [-0.05, 0) is 13.8 Å². The van der Waals surface area contributed by atoms with Crippen LogP contribution in [0.15, 0.2) is 24.6 Å². The average Bonchev–Trinajstić information content (AvgIpc) is 1.64. The summed E-state index contributed by atoms with van der Waals surface area (Å²) in [5, 5.41) is 0. The molecule has 1 radical (unpaired) electrons. The number of allylic oxidation sites excluding steroid dienone is 2. The van der Waals surface area contributed by atoms with Gasteiger partial charge in [0.1, 0.15) is 0 Å². The van der Waals surface area contributed by atoms with E-state index < -0.39 is 0 Å². The minimum absolute atomic E-state index is 0.637. The average molecular weight is 124 g/mol. The van der Waals surface area contributed by atoms with E-state index in [2.05, 4.69) is 13.2 Å². The molecule has 0 fully saturated rings. The normalized spacial score (nSPS) is 8.22. The van der Waals surface area contributed by atoms with Crippen LogP contribution in [-0.4, -0.2) is 11.3 Å². The Bertz CT molecular complexity index is 135. The Kier molecular flexibility index (Phi) is 2.71. The minimum atomic E-state index is 0.637. The first-order valence-corrected chi connectivity index (χ1v) is 2.58. The summed E-state index contributed by atoms with van der Waals surface area (Å²) in [5.41, 5.74) is 1.27. The van der Waals surface area contributed by atoms with E-state index in [-0.39, 0.29) is 0 Å². The molecule has 2 nitrogen and oxygen atoms in total. The predicted octanol–water partition coefficient (Wildman–Crippen LogP) is 1.42. The van der Waals surface area contributed by atoms with Crippen LogP contribution in [0.25, 0.3) is 0 Å². The molecular formula is C7H10NO. The summed E-state index contributed by atoms with van der Waals surface area (Å²) >= 11 is 0.